The van der Waals surface area contributed by atoms with E-state index in [1.165, 1.54) is 0 Å². The fraction of sp³-hybridized carbons (Fsp3) is 0.588. The molecule has 130 valence electrons. The Morgan fingerprint density at radius 1 is 1.30 bits per heavy atom. The number of fused-ring (bicyclic) bond motifs is 1. The first-order valence-corrected chi connectivity index (χ1v) is 7.81. The second kappa shape index (κ2) is 8.41. The van der Waals surface area contributed by atoms with Gasteiger partial charge >= 0.3 is 0 Å². The number of nitrogens with two attached hydrogens (primary N) is 1. The van der Waals surface area contributed by atoms with Crippen molar-refractivity contribution in [3.8, 4) is 11.5 Å². The van der Waals surface area contributed by atoms with Gasteiger partial charge in [0.1, 0.15) is 13.2 Å². The Kier molecular flexibility index (Phi) is 7.16. The molecule has 0 spiro atoms. The van der Waals surface area contributed by atoms with E-state index in [1.807, 2.05) is 25.1 Å². The van der Waals surface area contributed by atoms with E-state index in [0.717, 1.165) is 17.1 Å². The van der Waals surface area contributed by atoms with Crippen LogP contribution in [0.15, 0.2) is 18.2 Å². The SMILES string of the molecule is CC(N)CCC(=O)NCC(C)(C)c1ccc2c(c1)OCCO2.Cl. The molecule has 5 nitrogen and oxygen atoms in total. The molecule has 6 heteroatoms. The largest absolute Gasteiger partial charge is 0.486 e. The molecule has 1 unspecified atom stereocenters. The monoisotopic (exact) mass is 342 g/mol. The zero-order valence-electron chi connectivity index (χ0n) is 14.1. The van der Waals surface area contributed by atoms with Crippen LogP contribution in [0.1, 0.15) is 39.2 Å². The predicted molar refractivity (Wildman–Crippen MR) is 93.6 cm³/mol. The van der Waals surface area contributed by atoms with Crippen LogP contribution in [0, 0.1) is 0 Å². The Balaban J connectivity index is 0.00000264. The first-order chi connectivity index (χ1) is 10.4. The lowest BCUT2D eigenvalue weighted by Crippen LogP contribution is -2.37. The number of nitrogens with one attached hydrogen (secondary N) is 1. The topological polar surface area (TPSA) is 73.6 Å². The summed E-state index contributed by atoms with van der Waals surface area (Å²) in [5.74, 6) is 1.61. The summed E-state index contributed by atoms with van der Waals surface area (Å²) < 4.78 is 11.2. The Bertz CT molecular complexity index is 533. The minimum Gasteiger partial charge on any atom is -0.486 e. The summed E-state index contributed by atoms with van der Waals surface area (Å²) in [6.45, 7) is 7.85. The number of carbonyl (C=O) groups is 1. The zero-order chi connectivity index (χ0) is 16.2. The first kappa shape index (κ1) is 19.6. The molecule has 3 N–H and O–H groups in total. The quantitative estimate of drug-likeness (QED) is 0.832. The van der Waals surface area contributed by atoms with Gasteiger partial charge in [-0.05, 0) is 31.0 Å². The molecular weight excluding hydrogens is 316 g/mol. The molecule has 0 aromatic heterocycles. The molecule has 0 fully saturated rings. The fourth-order valence-corrected chi connectivity index (χ4v) is 2.33. The smallest absolute Gasteiger partial charge is 0.220 e. The lowest BCUT2D eigenvalue weighted by molar-refractivity contribution is -0.121. The molecule has 1 aliphatic heterocycles. The summed E-state index contributed by atoms with van der Waals surface area (Å²) in [5, 5.41) is 2.99. The van der Waals surface area contributed by atoms with E-state index in [4.69, 9.17) is 15.2 Å². The second-order valence-electron chi connectivity index (χ2n) is 6.54. The van der Waals surface area contributed by atoms with Gasteiger partial charge in [0.05, 0.1) is 0 Å². The Hall–Kier alpha value is -1.46. The molecule has 1 aliphatic rings. The third kappa shape index (κ3) is 5.59. The van der Waals surface area contributed by atoms with Gasteiger partial charge < -0.3 is 20.5 Å². The van der Waals surface area contributed by atoms with Crippen LogP contribution in [0.25, 0.3) is 0 Å². The summed E-state index contributed by atoms with van der Waals surface area (Å²) in [7, 11) is 0. The fourth-order valence-electron chi connectivity index (χ4n) is 2.33. The van der Waals surface area contributed by atoms with Gasteiger partial charge in [0.15, 0.2) is 11.5 Å². The van der Waals surface area contributed by atoms with Gasteiger partial charge in [-0.3, -0.25) is 4.79 Å². The number of amides is 1. The average Bonchev–Trinajstić information content (AvgIpc) is 2.50. The molecule has 0 radical (unpaired) electrons. The van der Waals surface area contributed by atoms with E-state index < -0.39 is 0 Å². The van der Waals surface area contributed by atoms with Crippen LogP contribution in [-0.4, -0.2) is 31.7 Å². The van der Waals surface area contributed by atoms with E-state index in [9.17, 15) is 4.79 Å². The van der Waals surface area contributed by atoms with Crippen LogP contribution >= 0.6 is 12.4 Å². The van der Waals surface area contributed by atoms with Crippen molar-refractivity contribution in [3.05, 3.63) is 23.8 Å². The maximum absolute atomic E-state index is 11.8. The number of benzene rings is 1. The Morgan fingerprint density at radius 3 is 2.61 bits per heavy atom. The molecule has 1 aromatic carbocycles. The summed E-state index contributed by atoms with van der Waals surface area (Å²) in [5.41, 5.74) is 6.61. The van der Waals surface area contributed by atoms with Gasteiger partial charge in [-0.25, -0.2) is 0 Å². The van der Waals surface area contributed by atoms with Gasteiger partial charge in [-0.1, -0.05) is 19.9 Å². The minimum absolute atomic E-state index is 0. The van der Waals surface area contributed by atoms with Crippen LogP contribution in [0.3, 0.4) is 0 Å². The zero-order valence-corrected chi connectivity index (χ0v) is 14.9. The average molecular weight is 343 g/mol. The molecule has 0 bridgehead atoms. The molecule has 1 atom stereocenters. The van der Waals surface area contributed by atoms with Crippen molar-refractivity contribution in [2.45, 2.75) is 45.1 Å². The van der Waals surface area contributed by atoms with E-state index in [2.05, 4.69) is 19.2 Å². The molecule has 2 rings (SSSR count). The number of ether oxygens (including phenoxy) is 2. The molecule has 0 saturated heterocycles. The molecular formula is C17H27ClN2O3. The lowest BCUT2D eigenvalue weighted by Gasteiger charge is -2.28. The number of hydrogen-bond donors (Lipinski definition) is 2. The lowest BCUT2D eigenvalue weighted by atomic mass is 9.84. The van der Waals surface area contributed by atoms with Crippen LogP contribution in [-0.2, 0) is 10.2 Å². The summed E-state index contributed by atoms with van der Waals surface area (Å²) in [6, 6.07) is 6.02. The normalized spacial score (nSPS) is 14.6. The van der Waals surface area contributed by atoms with Crippen molar-refractivity contribution < 1.29 is 14.3 Å². The highest BCUT2D eigenvalue weighted by Crippen LogP contribution is 2.34. The van der Waals surface area contributed by atoms with Crippen molar-refractivity contribution in [3.63, 3.8) is 0 Å². The third-order valence-corrected chi connectivity index (χ3v) is 3.88. The highest BCUT2D eigenvalue weighted by molar-refractivity contribution is 5.85. The molecule has 0 aliphatic carbocycles. The van der Waals surface area contributed by atoms with Crippen molar-refractivity contribution in [2.24, 2.45) is 5.73 Å². The van der Waals surface area contributed by atoms with Gasteiger partial charge in [0.25, 0.3) is 0 Å². The minimum atomic E-state index is -0.181. The van der Waals surface area contributed by atoms with E-state index in [0.29, 0.717) is 32.6 Å². The molecule has 0 saturated carbocycles. The van der Waals surface area contributed by atoms with Crippen molar-refractivity contribution in [1.82, 2.24) is 5.32 Å². The van der Waals surface area contributed by atoms with Gasteiger partial charge in [-0.15, -0.1) is 12.4 Å². The second-order valence-corrected chi connectivity index (χ2v) is 6.54. The van der Waals surface area contributed by atoms with Gasteiger partial charge in [0.2, 0.25) is 5.91 Å². The number of halogens is 1. The predicted octanol–water partition coefficient (Wildman–Crippen LogP) is 2.40. The van der Waals surface area contributed by atoms with Crippen LogP contribution in [0.4, 0.5) is 0 Å². The van der Waals surface area contributed by atoms with Crippen LogP contribution in [0.2, 0.25) is 0 Å². The number of carbonyl (C=O) groups excluding carboxylic acids is 1. The molecule has 1 aromatic rings. The van der Waals surface area contributed by atoms with E-state index in [-0.39, 0.29) is 29.8 Å². The first-order valence-electron chi connectivity index (χ1n) is 7.81. The highest BCUT2D eigenvalue weighted by atomic mass is 35.5. The standard InChI is InChI=1S/C17H26N2O3.ClH/c1-12(18)4-7-16(20)19-11-17(2,3)13-5-6-14-15(10-13)22-9-8-21-14;/h5-6,10,12H,4,7-9,11,18H2,1-3H3,(H,19,20);1H. The van der Waals surface area contributed by atoms with Crippen LogP contribution < -0.4 is 20.5 Å². The maximum Gasteiger partial charge on any atom is 0.220 e. The third-order valence-electron chi connectivity index (χ3n) is 3.88. The number of rotatable bonds is 6. The van der Waals surface area contributed by atoms with E-state index in [1.54, 1.807) is 0 Å². The van der Waals surface area contributed by atoms with Crippen LogP contribution in [0.5, 0.6) is 11.5 Å². The number of hydrogen-bond acceptors (Lipinski definition) is 4. The molecule has 23 heavy (non-hydrogen) atoms. The van der Waals surface area contributed by atoms with Crippen molar-refractivity contribution >= 4 is 18.3 Å². The Morgan fingerprint density at radius 2 is 1.96 bits per heavy atom. The maximum atomic E-state index is 11.8. The summed E-state index contributed by atoms with van der Waals surface area (Å²) >= 11 is 0. The summed E-state index contributed by atoms with van der Waals surface area (Å²) in [6.07, 6.45) is 1.17. The highest BCUT2D eigenvalue weighted by Gasteiger charge is 2.24. The van der Waals surface area contributed by atoms with Gasteiger partial charge in [0, 0.05) is 24.4 Å². The van der Waals surface area contributed by atoms with Crippen molar-refractivity contribution in [1.29, 1.82) is 0 Å². The van der Waals surface area contributed by atoms with Gasteiger partial charge in [-0.2, -0.15) is 0 Å². The van der Waals surface area contributed by atoms with Crippen molar-refractivity contribution in [2.75, 3.05) is 19.8 Å². The summed E-state index contributed by atoms with van der Waals surface area (Å²) in [4.78, 5) is 11.8. The molecule has 1 amide bonds. The molecule has 1 heterocycles. The Labute approximate surface area is 144 Å². The van der Waals surface area contributed by atoms with E-state index >= 15 is 0 Å².